The van der Waals surface area contributed by atoms with Crippen LogP contribution in [-0.2, 0) is 6.42 Å². The number of rotatable bonds is 7. The first-order valence-electron chi connectivity index (χ1n) is 7.21. The van der Waals surface area contributed by atoms with Crippen LogP contribution in [-0.4, -0.2) is 37.1 Å². The largest absolute Gasteiger partial charge is 0.313 e. The molecule has 1 unspecified atom stereocenters. The Morgan fingerprint density at radius 2 is 2.22 bits per heavy atom. The summed E-state index contributed by atoms with van der Waals surface area (Å²) >= 11 is 1.87. The molecule has 0 aliphatic heterocycles. The molecule has 1 fully saturated rings. The lowest BCUT2D eigenvalue weighted by Crippen LogP contribution is -2.38. The summed E-state index contributed by atoms with van der Waals surface area (Å²) in [6.45, 7) is 4.62. The average molecular weight is 266 g/mol. The first-order chi connectivity index (χ1) is 8.75. The maximum atomic E-state index is 3.69. The van der Waals surface area contributed by atoms with Crippen LogP contribution < -0.4 is 5.32 Å². The van der Waals surface area contributed by atoms with E-state index in [4.69, 9.17) is 0 Å². The molecule has 2 rings (SSSR count). The summed E-state index contributed by atoms with van der Waals surface area (Å²) < 4.78 is 0. The number of nitrogens with zero attached hydrogens (tertiary/aromatic N) is 1. The second kappa shape index (κ2) is 7.27. The smallest absolute Gasteiger partial charge is 0.0113 e. The minimum absolute atomic E-state index is 0.633. The molecule has 1 aliphatic rings. The third kappa shape index (κ3) is 4.38. The second-order valence-corrected chi connectivity index (χ2v) is 6.58. The van der Waals surface area contributed by atoms with Crippen molar-refractivity contribution in [2.45, 2.75) is 51.1 Å². The number of hydrogen-bond donors (Lipinski definition) is 1. The van der Waals surface area contributed by atoms with Crippen molar-refractivity contribution >= 4 is 11.3 Å². The number of thiophene rings is 1. The van der Waals surface area contributed by atoms with Crippen LogP contribution in [0.4, 0.5) is 0 Å². The van der Waals surface area contributed by atoms with E-state index in [0.29, 0.717) is 6.04 Å². The summed E-state index contributed by atoms with van der Waals surface area (Å²) in [5, 5.41) is 5.86. The number of nitrogens with one attached hydrogen (secondary N) is 1. The Balaban J connectivity index is 1.62. The Morgan fingerprint density at radius 1 is 1.44 bits per heavy atom. The van der Waals surface area contributed by atoms with E-state index >= 15 is 0 Å². The lowest BCUT2D eigenvalue weighted by Gasteiger charge is -2.25. The zero-order chi connectivity index (χ0) is 12.8. The van der Waals surface area contributed by atoms with Gasteiger partial charge in [0.25, 0.3) is 0 Å². The van der Waals surface area contributed by atoms with Crippen molar-refractivity contribution in [3.63, 3.8) is 0 Å². The third-order valence-corrected chi connectivity index (χ3v) is 4.98. The van der Waals surface area contributed by atoms with E-state index in [2.05, 4.69) is 41.7 Å². The van der Waals surface area contributed by atoms with Gasteiger partial charge in [0.05, 0.1) is 0 Å². The van der Waals surface area contributed by atoms with Gasteiger partial charge < -0.3 is 10.2 Å². The van der Waals surface area contributed by atoms with Crippen molar-refractivity contribution in [2.75, 3.05) is 20.1 Å². The molecule has 0 spiro atoms. The molecule has 102 valence electrons. The van der Waals surface area contributed by atoms with Crippen molar-refractivity contribution in [1.82, 2.24) is 10.2 Å². The Morgan fingerprint density at radius 3 is 2.89 bits per heavy atom. The van der Waals surface area contributed by atoms with Gasteiger partial charge in [-0.25, -0.2) is 0 Å². The molecular formula is C15H26N2S. The summed E-state index contributed by atoms with van der Waals surface area (Å²) in [5.41, 5.74) is 0. The fraction of sp³-hybridized carbons (Fsp3) is 0.733. The quantitative estimate of drug-likeness (QED) is 0.815. The van der Waals surface area contributed by atoms with Gasteiger partial charge in [0, 0.05) is 30.1 Å². The molecule has 0 amide bonds. The minimum Gasteiger partial charge on any atom is -0.313 e. The number of likely N-dealkylation sites (N-methyl/N-ethyl adjacent to an activating group) is 1. The van der Waals surface area contributed by atoms with Gasteiger partial charge in [-0.05, 0) is 44.7 Å². The van der Waals surface area contributed by atoms with E-state index in [0.717, 1.165) is 19.1 Å². The Bertz CT molecular complexity index is 317. The third-order valence-electron chi connectivity index (χ3n) is 4.08. The topological polar surface area (TPSA) is 15.3 Å². The van der Waals surface area contributed by atoms with Crippen molar-refractivity contribution in [3.05, 3.63) is 22.4 Å². The summed E-state index contributed by atoms with van der Waals surface area (Å²) in [4.78, 5) is 3.97. The van der Waals surface area contributed by atoms with Crippen LogP contribution >= 0.6 is 11.3 Å². The maximum absolute atomic E-state index is 3.69. The summed E-state index contributed by atoms with van der Waals surface area (Å²) in [7, 11) is 2.24. The van der Waals surface area contributed by atoms with Gasteiger partial charge in [0.15, 0.2) is 0 Å². The first-order valence-corrected chi connectivity index (χ1v) is 8.09. The maximum Gasteiger partial charge on any atom is 0.0113 e. The predicted octanol–water partition coefficient (Wildman–Crippen LogP) is 3.14. The molecule has 1 aromatic rings. The Kier molecular flexibility index (Phi) is 5.67. The molecule has 0 aromatic carbocycles. The highest BCUT2D eigenvalue weighted by molar-refractivity contribution is 7.09. The standard InChI is InChI=1S/C15H26N2S/c1-13(12-15-8-5-11-18-15)17(2)10-9-16-14-6-3-4-7-14/h5,8,11,13-14,16H,3-4,6-7,9-10,12H2,1-2H3. The molecule has 18 heavy (non-hydrogen) atoms. The van der Waals surface area contributed by atoms with Crippen LogP contribution in [0.1, 0.15) is 37.5 Å². The highest BCUT2D eigenvalue weighted by atomic mass is 32.1. The summed E-state index contributed by atoms with van der Waals surface area (Å²) in [5.74, 6) is 0. The van der Waals surface area contributed by atoms with Crippen LogP contribution in [0.3, 0.4) is 0 Å². The van der Waals surface area contributed by atoms with Gasteiger partial charge in [-0.15, -0.1) is 11.3 Å². The van der Waals surface area contributed by atoms with Crippen molar-refractivity contribution < 1.29 is 0 Å². The van der Waals surface area contributed by atoms with Crippen LogP contribution in [0.25, 0.3) is 0 Å². The van der Waals surface area contributed by atoms with Gasteiger partial charge in [-0.1, -0.05) is 18.9 Å². The normalized spacial score (nSPS) is 18.6. The molecule has 1 atom stereocenters. The lowest BCUT2D eigenvalue weighted by molar-refractivity contribution is 0.253. The van der Waals surface area contributed by atoms with Gasteiger partial charge in [-0.3, -0.25) is 0 Å². The van der Waals surface area contributed by atoms with E-state index < -0.39 is 0 Å². The Labute approximate surface area is 115 Å². The SMILES string of the molecule is CC(Cc1cccs1)N(C)CCNC1CCCC1. The molecule has 0 bridgehead atoms. The summed E-state index contributed by atoms with van der Waals surface area (Å²) in [6, 6.07) is 5.82. The van der Waals surface area contributed by atoms with E-state index in [-0.39, 0.29) is 0 Å². The van der Waals surface area contributed by atoms with Gasteiger partial charge in [0.2, 0.25) is 0 Å². The monoisotopic (exact) mass is 266 g/mol. The van der Waals surface area contributed by atoms with E-state index in [1.165, 1.54) is 37.0 Å². The highest BCUT2D eigenvalue weighted by Gasteiger charge is 2.15. The first kappa shape index (κ1) is 14.0. The molecule has 1 aromatic heterocycles. The zero-order valence-corrected chi connectivity index (χ0v) is 12.5. The minimum atomic E-state index is 0.633. The fourth-order valence-electron chi connectivity index (χ4n) is 2.67. The average Bonchev–Trinajstić information content (AvgIpc) is 3.01. The molecule has 2 nitrogen and oxygen atoms in total. The second-order valence-electron chi connectivity index (χ2n) is 5.55. The van der Waals surface area contributed by atoms with Crippen molar-refractivity contribution in [2.24, 2.45) is 0 Å². The van der Waals surface area contributed by atoms with Gasteiger partial charge in [-0.2, -0.15) is 0 Å². The van der Waals surface area contributed by atoms with Crippen LogP contribution in [0.5, 0.6) is 0 Å². The molecule has 0 radical (unpaired) electrons. The van der Waals surface area contributed by atoms with Crippen LogP contribution in [0.2, 0.25) is 0 Å². The van der Waals surface area contributed by atoms with E-state index in [1.54, 1.807) is 0 Å². The number of hydrogen-bond acceptors (Lipinski definition) is 3. The molecular weight excluding hydrogens is 240 g/mol. The van der Waals surface area contributed by atoms with Crippen molar-refractivity contribution in [3.8, 4) is 0 Å². The van der Waals surface area contributed by atoms with E-state index in [9.17, 15) is 0 Å². The van der Waals surface area contributed by atoms with Crippen LogP contribution in [0.15, 0.2) is 17.5 Å². The predicted molar refractivity (Wildman–Crippen MR) is 80.4 cm³/mol. The van der Waals surface area contributed by atoms with Gasteiger partial charge >= 0.3 is 0 Å². The molecule has 1 aliphatic carbocycles. The molecule has 1 saturated carbocycles. The molecule has 3 heteroatoms. The van der Waals surface area contributed by atoms with Crippen molar-refractivity contribution in [1.29, 1.82) is 0 Å². The van der Waals surface area contributed by atoms with Crippen LogP contribution in [0, 0.1) is 0 Å². The van der Waals surface area contributed by atoms with Gasteiger partial charge in [0.1, 0.15) is 0 Å². The molecule has 1 heterocycles. The highest BCUT2D eigenvalue weighted by Crippen LogP contribution is 2.17. The summed E-state index contributed by atoms with van der Waals surface area (Å²) in [6.07, 6.45) is 6.78. The fourth-order valence-corrected chi connectivity index (χ4v) is 3.50. The lowest BCUT2D eigenvalue weighted by atomic mass is 10.2. The molecule has 1 N–H and O–H groups in total. The molecule has 0 saturated heterocycles. The zero-order valence-electron chi connectivity index (χ0n) is 11.7. The van der Waals surface area contributed by atoms with E-state index in [1.807, 2.05) is 11.3 Å². The Hall–Kier alpha value is -0.380.